The van der Waals surface area contributed by atoms with E-state index in [2.05, 4.69) is 16.5 Å². The molecule has 6 heteroatoms. The van der Waals surface area contributed by atoms with Crippen LogP contribution in [0.15, 0.2) is 36.7 Å². The lowest BCUT2D eigenvalue weighted by atomic mass is 10.1. The summed E-state index contributed by atoms with van der Waals surface area (Å²) in [5.74, 6) is 0.819. The normalized spacial score (nSPS) is 15.3. The Morgan fingerprint density at radius 1 is 1.33 bits per heavy atom. The number of hydrogen-bond donors (Lipinski definition) is 1. The van der Waals surface area contributed by atoms with Gasteiger partial charge < -0.3 is 15.0 Å². The summed E-state index contributed by atoms with van der Waals surface area (Å²) in [5, 5.41) is 7.30. The van der Waals surface area contributed by atoms with Gasteiger partial charge in [0.15, 0.2) is 0 Å². The molecule has 3 rings (SSSR count). The second-order valence-electron chi connectivity index (χ2n) is 6.22. The number of likely N-dealkylation sites (tertiary alicyclic amines) is 1. The Kier molecular flexibility index (Phi) is 5.03. The topological polar surface area (TPSA) is 59.4 Å². The van der Waals surface area contributed by atoms with Gasteiger partial charge in [-0.05, 0) is 49.1 Å². The molecule has 0 aliphatic carbocycles. The van der Waals surface area contributed by atoms with E-state index in [9.17, 15) is 4.79 Å². The monoisotopic (exact) mass is 328 g/mol. The van der Waals surface area contributed by atoms with Gasteiger partial charge in [-0.3, -0.25) is 4.68 Å². The zero-order valence-electron chi connectivity index (χ0n) is 14.2. The summed E-state index contributed by atoms with van der Waals surface area (Å²) >= 11 is 0. The van der Waals surface area contributed by atoms with E-state index in [-0.39, 0.29) is 6.03 Å². The molecule has 2 amide bonds. The van der Waals surface area contributed by atoms with Crippen LogP contribution in [-0.2, 0) is 6.54 Å². The minimum Gasteiger partial charge on any atom is -0.497 e. The minimum atomic E-state index is -0.00520. The largest absolute Gasteiger partial charge is 0.497 e. The number of nitrogens with zero attached hydrogens (tertiary/aromatic N) is 3. The standard InChI is InChI=1S/C18H24N4O2/c1-14-10-15(12-17(11-14)24-2)13-19-18(23)21-8-4-16(5-9-21)22-7-3-6-20-22/h3,6-7,10-12,16H,4-5,8-9,13H2,1-2H3,(H,19,23). The summed E-state index contributed by atoms with van der Waals surface area (Å²) in [5.41, 5.74) is 2.17. The van der Waals surface area contributed by atoms with Crippen LogP contribution in [0.1, 0.15) is 30.0 Å². The molecule has 1 aromatic heterocycles. The van der Waals surface area contributed by atoms with Gasteiger partial charge in [0.05, 0.1) is 13.2 Å². The van der Waals surface area contributed by atoms with Gasteiger partial charge in [-0.15, -0.1) is 0 Å². The molecule has 1 fully saturated rings. The molecule has 0 saturated carbocycles. The van der Waals surface area contributed by atoms with Crippen LogP contribution in [0.3, 0.4) is 0 Å². The van der Waals surface area contributed by atoms with Gasteiger partial charge in [0, 0.05) is 32.0 Å². The van der Waals surface area contributed by atoms with E-state index in [0.29, 0.717) is 12.6 Å². The van der Waals surface area contributed by atoms with Crippen molar-refractivity contribution in [1.29, 1.82) is 0 Å². The summed E-state index contributed by atoms with van der Waals surface area (Å²) in [4.78, 5) is 14.2. The first-order valence-corrected chi connectivity index (χ1v) is 8.32. The van der Waals surface area contributed by atoms with Crippen molar-refractivity contribution in [3.63, 3.8) is 0 Å². The van der Waals surface area contributed by atoms with Gasteiger partial charge in [-0.1, -0.05) is 6.07 Å². The van der Waals surface area contributed by atoms with E-state index in [1.807, 2.05) is 40.9 Å². The third kappa shape index (κ3) is 3.88. The molecule has 128 valence electrons. The fourth-order valence-electron chi connectivity index (χ4n) is 3.16. The fourth-order valence-corrected chi connectivity index (χ4v) is 3.16. The van der Waals surface area contributed by atoms with Crippen LogP contribution in [0, 0.1) is 6.92 Å². The smallest absolute Gasteiger partial charge is 0.317 e. The summed E-state index contributed by atoms with van der Waals surface area (Å²) in [6, 6.07) is 8.32. The molecule has 6 nitrogen and oxygen atoms in total. The molecule has 0 spiro atoms. The molecule has 0 bridgehead atoms. The van der Waals surface area contributed by atoms with Crippen LogP contribution in [0.4, 0.5) is 4.79 Å². The second-order valence-corrected chi connectivity index (χ2v) is 6.22. The third-order valence-electron chi connectivity index (χ3n) is 4.44. The molecular formula is C18H24N4O2. The number of aryl methyl sites for hydroxylation is 1. The molecule has 1 aliphatic heterocycles. The lowest BCUT2D eigenvalue weighted by Crippen LogP contribution is -2.44. The Hall–Kier alpha value is -2.50. The van der Waals surface area contributed by atoms with Crippen LogP contribution in [0.25, 0.3) is 0 Å². The molecule has 1 saturated heterocycles. The highest BCUT2D eigenvalue weighted by atomic mass is 16.5. The Morgan fingerprint density at radius 3 is 2.79 bits per heavy atom. The number of ether oxygens (including phenoxy) is 1. The van der Waals surface area contributed by atoms with Crippen molar-refractivity contribution < 1.29 is 9.53 Å². The summed E-state index contributed by atoms with van der Waals surface area (Å²) < 4.78 is 7.27. The average molecular weight is 328 g/mol. The number of nitrogens with one attached hydrogen (secondary N) is 1. The fraction of sp³-hybridized carbons (Fsp3) is 0.444. The maximum atomic E-state index is 12.4. The highest BCUT2D eigenvalue weighted by Gasteiger charge is 2.23. The number of rotatable bonds is 4. The van der Waals surface area contributed by atoms with E-state index < -0.39 is 0 Å². The summed E-state index contributed by atoms with van der Waals surface area (Å²) in [7, 11) is 1.65. The summed E-state index contributed by atoms with van der Waals surface area (Å²) in [6.45, 7) is 4.05. The molecule has 2 heterocycles. The number of piperidine rings is 1. The van der Waals surface area contributed by atoms with E-state index >= 15 is 0 Å². The van der Waals surface area contributed by atoms with E-state index in [1.165, 1.54) is 0 Å². The van der Waals surface area contributed by atoms with Gasteiger partial charge >= 0.3 is 6.03 Å². The second kappa shape index (κ2) is 7.38. The van der Waals surface area contributed by atoms with E-state index in [1.54, 1.807) is 13.3 Å². The lowest BCUT2D eigenvalue weighted by Gasteiger charge is -2.32. The van der Waals surface area contributed by atoms with Crippen LogP contribution in [0.2, 0.25) is 0 Å². The van der Waals surface area contributed by atoms with Crippen LogP contribution in [-0.4, -0.2) is 40.9 Å². The first-order chi connectivity index (χ1) is 11.7. The zero-order chi connectivity index (χ0) is 16.9. The Morgan fingerprint density at radius 2 is 2.12 bits per heavy atom. The molecule has 1 aromatic carbocycles. The number of hydrogen-bond acceptors (Lipinski definition) is 3. The number of urea groups is 1. The predicted molar refractivity (Wildman–Crippen MR) is 92.0 cm³/mol. The van der Waals surface area contributed by atoms with E-state index in [4.69, 9.17) is 4.74 Å². The lowest BCUT2D eigenvalue weighted by molar-refractivity contribution is 0.168. The Bertz CT molecular complexity index is 676. The van der Waals surface area contributed by atoms with Gasteiger partial charge in [0.25, 0.3) is 0 Å². The highest BCUT2D eigenvalue weighted by Crippen LogP contribution is 2.21. The quantitative estimate of drug-likeness (QED) is 0.939. The first kappa shape index (κ1) is 16.4. The molecular weight excluding hydrogens is 304 g/mol. The first-order valence-electron chi connectivity index (χ1n) is 8.32. The third-order valence-corrected chi connectivity index (χ3v) is 4.44. The van der Waals surface area contributed by atoms with Gasteiger partial charge in [-0.25, -0.2) is 4.79 Å². The number of methoxy groups -OCH3 is 1. The zero-order valence-corrected chi connectivity index (χ0v) is 14.2. The minimum absolute atomic E-state index is 0.00520. The van der Waals surface area contributed by atoms with Gasteiger partial charge in [0.1, 0.15) is 5.75 Å². The molecule has 2 aromatic rings. The highest BCUT2D eigenvalue weighted by molar-refractivity contribution is 5.74. The number of carbonyl (C=O) groups is 1. The van der Waals surface area contributed by atoms with Gasteiger partial charge in [-0.2, -0.15) is 5.10 Å². The summed E-state index contributed by atoms with van der Waals surface area (Å²) in [6.07, 6.45) is 5.67. The van der Waals surface area contributed by atoms with Crippen molar-refractivity contribution in [2.75, 3.05) is 20.2 Å². The van der Waals surface area contributed by atoms with Crippen molar-refractivity contribution in [2.45, 2.75) is 32.4 Å². The Balaban J connectivity index is 1.50. The predicted octanol–water partition coefficient (Wildman–Crippen LogP) is 2.75. The number of benzene rings is 1. The van der Waals surface area contributed by atoms with Crippen molar-refractivity contribution >= 4 is 6.03 Å². The maximum Gasteiger partial charge on any atom is 0.317 e. The van der Waals surface area contributed by atoms with Crippen molar-refractivity contribution in [3.05, 3.63) is 47.8 Å². The van der Waals surface area contributed by atoms with Crippen LogP contribution >= 0.6 is 0 Å². The van der Waals surface area contributed by atoms with Crippen molar-refractivity contribution in [3.8, 4) is 5.75 Å². The Labute approximate surface area is 142 Å². The van der Waals surface area contributed by atoms with Gasteiger partial charge in [0.2, 0.25) is 0 Å². The molecule has 1 N–H and O–H groups in total. The molecule has 0 atom stereocenters. The van der Waals surface area contributed by atoms with Crippen LogP contribution in [0.5, 0.6) is 5.75 Å². The number of amides is 2. The molecule has 0 unspecified atom stereocenters. The molecule has 24 heavy (non-hydrogen) atoms. The molecule has 1 aliphatic rings. The van der Waals surface area contributed by atoms with Crippen molar-refractivity contribution in [2.24, 2.45) is 0 Å². The maximum absolute atomic E-state index is 12.4. The van der Waals surface area contributed by atoms with Crippen molar-refractivity contribution in [1.82, 2.24) is 20.0 Å². The van der Waals surface area contributed by atoms with Crippen LogP contribution < -0.4 is 10.1 Å². The SMILES string of the molecule is COc1cc(C)cc(CNC(=O)N2CCC(n3cccn3)CC2)c1. The number of carbonyl (C=O) groups excluding carboxylic acids is 1. The van der Waals surface area contributed by atoms with E-state index in [0.717, 1.165) is 42.8 Å². The molecule has 0 radical (unpaired) electrons. The average Bonchev–Trinajstić information content (AvgIpc) is 3.14. The number of aromatic nitrogens is 2.